The van der Waals surface area contributed by atoms with Gasteiger partial charge in [-0.2, -0.15) is 0 Å². The minimum absolute atomic E-state index is 0.472. The third-order valence-corrected chi connectivity index (χ3v) is 1.34. The molecule has 0 amide bonds. The van der Waals surface area contributed by atoms with Gasteiger partial charge in [0.15, 0.2) is 0 Å². The molecule has 1 saturated heterocycles. The molecule has 0 aromatic carbocycles. The molecule has 1 nitrogen and oxygen atoms in total. The average molecular weight is 99.2 g/mol. The van der Waals surface area contributed by atoms with Crippen molar-refractivity contribution < 1.29 is 4.74 Å². The number of hydrogen-bond acceptors (Lipinski definition) is 1. The summed E-state index contributed by atoms with van der Waals surface area (Å²) in [4.78, 5) is 0. The normalized spacial score (nSPS) is 31.3. The first-order chi connectivity index (χ1) is 3.43. The lowest BCUT2D eigenvalue weighted by Gasteiger charge is -2.00. The van der Waals surface area contributed by atoms with Crippen molar-refractivity contribution in [2.45, 2.75) is 25.9 Å². The summed E-state index contributed by atoms with van der Waals surface area (Å²) in [5, 5.41) is 0. The highest BCUT2D eigenvalue weighted by Crippen LogP contribution is 2.12. The van der Waals surface area contributed by atoms with Gasteiger partial charge in [0.25, 0.3) is 0 Å². The first-order valence-corrected chi connectivity index (χ1v) is 2.84. The Morgan fingerprint density at radius 3 is 2.86 bits per heavy atom. The van der Waals surface area contributed by atoms with Gasteiger partial charge < -0.3 is 4.74 Å². The van der Waals surface area contributed by atoms with Crippen molar-refractivity contribution in [3.8, 4) is 0 Å². The van der Waals surface area contributed by atoms with Crippen LogP contribution in [-0.2, 0) is 4.74 Å². The minimum atomic E-state index is 0.472. The zero-order valence-electron chi connectivity index (χ0n) is 4.68. The van der Waals surface area contributed by atoms with Crippen LogP contribution < -0.4 is 0 Å². The SMILES string of the molecule is C[CH][C@H]1CCCO1. The van der Waals surface area contributed by atoms with Crippen molar-refractivity contribution in [2.75, 3.05) is 6.61 Å². The number of ether oxygens (including phenoxy) is 1. The van der Waals surface area contributed by atoms with Crippen LogP contribution in [0.1, 0.15) is 19.8 Å². The molecule has 0 aromatic heterocycles. The van der Waals surface area contributed by atoms with Gasteiger partial charge in [-0.3, -0.25) is 0 Å². The van der Waals surface area contributed by atoms with Crippen molar-refractivity contribution in [2.24, 2.45) is 0 Å². The van der Waals surface area contributed by atoms with E-state index in [4.69, 9.17) is 4.74 Å². The van der Waals surface area contributed by atoms with E-state index in [-0.39, 0.29) is 0 Å². The van der Waals surface area contributed by atoms with Crippen molar-refractivity contribution in [1.82, 2.24) is 0 Å². The molecule has 1 aliphatic rings. The van der Waals surface area contributed by atoms with Gasteiger partial charge in [0.2, 0.25) is 0 Å². The van der Waals surface area contributed by atoms with Crippen LogP contribution >= 0.6 is 0 Å². The molecule has 1 heterocycles. The van der Waals surface area contributed by atoms with E-state index in [1.807, 2.05) is 0 Å². The molecule has 7 heavy (non-hydrogen) atoms. The van der Waals surface area contributed by atoms with Crippen LogP contribution in [0.2, 0.25) is 0 Å². The molecule has 0 unspecified atom stereocenters. The van der Waals surface area contributed by atoms with E-state index >= 15 is 0 Å². The van der Waals surface area contributed by atoms with Gasteiger partial charge in [0, 0.05) is 6.61 Å². The molecular formula is C6H11O. The maximum atomic E-state index is 5.25. The molecule has 1 atom stereocenters. The fraction of sp³-hybridized carbons (Fsp3) is 0.833. The van der Waals surface area contributed by atoms with E-state index in [1.54, 1.807) is 0 Å². The van der Waals surface area contributed by atoms with Crippen LogP contribution in [0.25, 0.3) is 0 Å². The van der Waals surface area contributed by atoms with Crippen molar-refractivity contribution >= 4 is 0 Å². The highest BCUT2D eigenvalue weighted by atomic mass is 16.5. The van der Waals surface area contributed by atoms with E-state index in [9.17, 15) is 0 Å². The number of rotatable bonds is 1. The predicted molar refractivity (Wildman–Crippen MR) is 28.9 cm³/mol. The Bertz CT molecular complexity index is 46.1. The third kappa shape index (κ3) is 1.16. The Balaban J connectivity index is 2.14. The molecule has 0 N–H and O–H groups in total. The van der Waals surface area contributed by atoms with Crippen molar-refractivity contribution in [3.05, 3.63) is 6.42 Å². The fourth-order valence-electron chi connectivity index (χ4n) is 0.865. The molecule has 0 saturated carbocycles. The van der Waals surface area contributed by atoms with Crippen LogP contribution in [0.3, 0.4) is 0 Å². The topological polar surface area (TPSA) is 9.23 Å². The second-order valence-electron chi connectivity index (χ2n) is 1.88. The second-order valence-corrected chi connectivity index (χ2v) is 1.88. The van der Waals surface area contributed by atoms with E-state index in [0.29, 0.717) is 6.10 Å². The Morgan fingerprint density at radius 2 is 2.57 bits per heavy atom. The maximum Gasteiger partial charge on any atom is 0.0605 e. The van der Waals surface area contributed by atoms with Crippen LogP contribution in [0, 0.1) is 6.42 Å². The van der Waals surface area contributed by atoms with Crippen LogP contribution in [0.15, 0.2) is 0 Å². The molecule has 1 heteroatoms. The lowest BCUT2D eigenvalue weighted by Crippen LogP contribution is -2.01. The van der Waals surface area contributed by atoms with E-state index in [2.05, 4.69) is 13.3 Å². The quantitative estimate of drug-likeness (QED) is 0.482. The van der Waals surface area contributed by atoms with E-state index in [1.165, 1.54) is 12.8 Å². The summed E-state index contributed by atoms with van der Waals surface area (Å²) in [6.45, 7) is 3.02. The van der Waals surface area contributed by atoms with Crippen molar-refractivity contribution in [3.63, 3.8) is 0 Å². The van der Waals surface area contributed by atoms with Gasteiger partial charge in [-0.05, 0) is 19.3 Å². The molecule has 1 aliphatic heterocycles. The molecule has 0 spiro atoms. The third-order valence-electron chi connectivity index (χ3n) is 1.34. The highest BCUT2D eigenvalue weighted by molar-refractivity contribution is 4.75. The predicted octanol–water partition coefficient (Wildman–Crippen LogP) is 1.39. The van der Waals surface area contributed by atoms with Crippen molar-refractivity contribution in [1.29, 1.82) is 0 Å². The summed E-state index contributed by atoms with van der Waals surface area (Å²) < 4.78 is 5.25. The van der Waals surface area contributed by atoms with Crippen LogP contribution in [0.5, 0.6) is 0 Å². The van der Waals surface area contributed by atoms with Gasteiger partial charge >= 0.3 is 0 Å². The number of hydrogen-bond donors (Lipinski definition) is 0. The molecule has 0 aliphatic carbocycles. The Morgan fingerprint density at radius 1 is 1.71 bits per heavy atom. The summed E-state index contributed by atoms with van der Waals surface area (Å²) in [6, 6.07) is 0. The van der Waals surface area contributed by atoms with E-state index in [0.717, 1.165) is 6.61 Å². The molecule has 1 rings (SSSR count). The first-order valence-electron chi connectivity index (χ1n) is 2.84. The Hall–Kier alpha value is -0.0400. The molecule has 1 fully saturated rings. The van der Waals surface area contributed by atoms with Gasteiger partial charge in [0.05, 0.1) is 6.10 Å². The molecular weight excluding hydrogens is 88.1 g/mol. The highest BCUT2D eigenvalue weighted by Gasteiger charge is 2.11. The zero-order valence-corrected chi connectivity index (χ0v) is 4.68. The van der Waals surface area contributed by atoms with E-state index < -0.39 is 0 Å². The van der Waals surface area contributed by atoms with Gasteiger partial charge in [0.1, 0.15) is 0 Å². The Kier molecular flexibility index (Phi) is 1.69. The van der Waals surface area contributed by atoms with Gasteiger partial charge in [-0.25, -0.2) is 0 Å². The van der Waals surface area contributed by atoms with Crippen LogP contribution in [0.4, 0.5) is 0 Å². The minimum Gasteiger partial charge on any atom is -0.378 e. The lowest BCUT2D eigenvalue weighted by molar-refractivity contribution is 0.134. The standard InChI is InChI=1S/C6H11O/c1-2-6-4-3-5-7-6/h2,6H,3-5H2,1H3/t6-/m0/s1. The monoisotopic (exact) mass is 99.1 g/mol. The van der Waals surface area contributed by atoms with Gasteiger partial charge in [-0.15, -0.1) is 0 Å². The van der Waals surface area contributed by atoms with Crippen LogP contribution in [-0.4, -0.2) is 12.7 Å². The van der Waals surface area contributed by atoms with Gasteiger partial charge in [-0.1, -0.05) is 6.92 Å². The summed E-state index contributed by atoms with van der Waals surface area (Å²) in [7, 11) is 0. The smallest absolute Gasteiger partial charge is 0.0605 e. The summed E-state index contributed by atoms with van der Waals surface area (Å²) in [5.41, 5.74) is 0. The summed E-state index contributed by atoms with van der Waals surface area (Å²) in [5.74, 6) is 0. The summed E-state index contributed by atoms with van der Waals surface area (Å²) >= 11 is 0. The zero-order chi connectivity index (χ0) is 5.11. The Labute approximate surface area is 44.7 Å². The lowest BCUT2D eigenvalue weighted by atomic mass is 10.2. The largest absolute Gasteiger partial charge is 0.378 e. The molecule has 0 aromatic rings. The fourth-order valence-corrected chi connectivity index (χ4v) is 0.865. The second kappa shape index (κ2) is 2.31. The molecule has 0 bridgehead atoms. The maximum absolute atomic E-state index is 5.25. The first kappa shape index (κ1) is 5.10. The summed E-state index contributed by atoms with van der Waals surface area (Å²) in [6.07, 6.45) is 5.07. The average Bonchev–Trinajstić information content (AvgIpc) is 2.14. The molecule has 1 radical (unpaired) electrons. The molecule has 41 valence electrons.